The second kappa shape index (κ2) is 16.1. The molecule has 0 saturated carbocycles. The average molecular weight is 713 g/mol. The van der Waals surface area contributed by atoms with Gasteiger partial charge in [-0.3, -0.25) is 9.13 Å². The van der Waals surface area contributed by atoms with E-state index in [0.717, 1.165) is 63.0 Å². The molecule has 0 aliphatic carbocycles. The normalized spacial score (nSPS) is 25.7. The van der Waals surface area contributed by atoms with Crippen LogP contribution in [0.3, 0.4) is 0 Å². The Hall–Kier alpha value is -4.44. The van der Waals surface area contributed by atoms with Gasteiger partial charge >= 0.3 is 11.4 Å². The molecule has 0 bridgehead atoms. The second-order valence-corrected chi connectivity index (χ2v) is 14.0. The molecule has 0 amide bonds. The molecule has 276 valence electrons. The molecular formula is C38H48N8O6. The number of fused-ring (bicyclic) bond motifs is 2. The number of aliphatic hydroxyl groups is 2. The third-order valence-corrected chi connectivity index (χ3v) is 10.3. The number of nitrogens with one attached hydrogen (secondary N) is 2. The lowest BCUT2D eigenvalue weighted by molar-refractivity contribution is -0.0459. The zero-order valence-electron chi connectivity index (χ0n) is 29.7. The van der Waals surface area contributed by atoms with E-state index in [1.54, 1.807) is 10.8 Å². The van der Waals surface area contributed by atoms with Gasteiger partial charge in [-0.2, -0.15) is 9.97 Å². The molecule has 4 aliphatic rings. The zero-order valence-corrected chi connectivity index (χ0v) is 29.7. The summed E-state index contributed by atoms with van der Waals surface area (Å²) in [7, 11) is 0. The molecule has 4 aliphatic heterocycles. The van der Waals surface area contributed by atoms with Crippen LogP contribution in [0.25, 0.3) is 0 Å². The van der Waals surface area contributed by atoms with Gasteiger partial charge in [0, 0.05) is 56.1 Å². The van der Waals surface area contributed by atoms with Crippen molar-refractivity contribution in [3.8, 4) is 0 Å². The minimum atomic E-state index is -0.785. The summed E-state index contributed by atoms with van der Waals surface area (Å²) in [6.45, 7) is 7.21. The molecule has 2 saturated heterocycles. The van der Waals surface area contributed by atoms with Crippen molar-refractivity contribution in [2.75, 3.05) is 30.5 Å². The molecule has 6 atom stereocenters. The number of hydrazine groups is 2. The van der Waals surface area contributed by atoms with E-state index in [-0.39, 0.29) is 31.0 Å². The maximum Gasteiger partial charge on any atom is 0.351 e. The van der Waals surface area contributed by atoms with Crippen molar-refractivity contribution < 1.29 is 19.7 Å². The summed E-state index contributed by atoms with van der Waals surface area (Å²) in [5.41, 5.74) is 10.2. The Kier molecular flexibility index (Phi) is 11.1. The van der Waals surface area contributed by atoms with E-state index >= 15 is 0 Å². The largest absolute Gasteiger partial charge is 0.394 e. The number of nitrogens with zero attached hydrogens (tertiary/aromatic N) is 6. The van der Waals surface area contributed by atoms with Gasteiger partial charge in [0.2, 0.25) is 0 Å². The van der Waals surface area contributed by atoms with Crippen LogP contribution >= 0.6 is 0 Å². The first-order valence-electron chi connectivity index (χ1n) is 18.2. The maximum atomic E-state index is 12.6. The standard InChI is InChI=1S/C20H26N4O2.C18H22N4O4/c1-3-17-14(2)11-18(26-17)24-13-16-9-10-23(22-19(16)21-20(24)25)12-15-7-5-4-6-8-15;23-11-15-14(24)8-16(26-15)22-10-13-6-7-21(20-17(13)19-18(22)25)9-12-4-2-1-3-5-12/h4-8,13-14,17-18H,3,9-12H2,1-2H3,(H,21,22,25);1-5,10,14-16,23-24H,6-9,11H2,(H,19,20,25). The summed E-state index contributed by atoms with van der Waals surface area (Å²) in [4.78, 5) is 33.4. The molecule has 4 N–H and O–H groups in total. The van der Waals surface area contributed by atoms with E-state index < -0.39 is 24.1 Å². The number of ether oxygens (including phenoxy) is 2. The highest BCUT2D eigenvalue weighted by Gasteiger charge is 2.36. The summed E-state index contributed by atoms with van der Waals surface area (Å²) in [6.07, 6.45) is 5.38. The molecule has 4 aromatic rings. The van der Waals surface area contributed by atoms with E-state index in [4.69, 9.17) is 9.47 Å². The van der Waals surface area contributed by atoms with Crippen molar-refractivity contribution in [2.24, 2.45) is 5.92 Å². The van der Waals surface area contributed by atoms with Crippen LogP contribution in [0.5, 0.6) is 0 Å². The minimum absolute atomic E-state index is 0.192. The van der Waals surface area contributed by atoms with Crippen molar-refractivity contribution in [1.82, 2.24) is 29.1 Å². The van der Waals surface area contributed by atoms with Crippen molar-refractivity contribution in [1.29, 1.82) is 0 Å². The Morgan fingerprint density at radius 3 is 1.67 bits per heavy atom. The zero-order chi connectivity index (χ0) is 36.2. The van der Waals surface area contributed by atoms with Crippen LogP contribution in [-0.2, 0) is 35.4 Å². The Labute approximate surface area is 302 Å². The predicted octanol–water partition coefficient (Wildman–Crippen LogP) is 3.23. The molecule has 14 heteroatoms. The number of aromatic nitrogens is 4. The Bertz CT molecular complexity index is 1790. The van der Waals surface area contributed by atoms with Gasteiger partial charge in [-0.1, -0.05) is 74.5 Å². The summed E-state index contributed by atoms with van der Waals surface area (Å²) >= 11 is 0. The van der Waals surface area contributed by atoms with Gasteiger partial charge in [-0.05, 0) is 42.7 Å². The van der Waals surface area contributed by atoms with E-state index in [1.165, 1.54) is 15.7 Å². The lowest BCUT2D eigenvalue weighted by atomic mass is 10.0. The van der Waals surface area contributed by atoms with Crippen molar-refractivity contribution in [2.45, 2.75) is 89.8 Å². The lowest BCUT2D eigenvalue weighted by Crippen LogP contribution is -2.39. The van der Waals surface area contributed by atoms with Gasteiger partial charge in [0.15, 0.2) is 11.6 Å². The van der Waals surface area contributed by atoms with Crippen LogP contribution in [0.1, 0.15) is 67.8 Å². The number of benzene rings is 2. The SMILES string of the molecule is CCC1OC(n2cc3c(nc2=O)NN(Cc2ccccc2)CC3)CC1C.O=c1nc2c(cn1C1CC(O)C(CO)O1)CCN(Cc1ccccc1)N2. The Balaban J connectivity index is 0.000000162. The fourth-order valence-corrected chi connectivity index (χ4v) is 7.35. The second-order valence-electron chi connectivity index (χ2n) is 14.0. The molecule has 52 heavy (non-hydrogen) atoms. The van der Waals surface area contributed by atoms with Crippen molar-refractivity contribution >= 4 is 11.6 Å². The van der Waals surface area contributed by atoms with Gasteiger partial charge in [-0.15, -0.1) is 0 Å². The van der Waals surface area contributed by atoms with Crippen LogP contribution in [0.15, 0.2) is 82.6 Å². The van der Waals surface area contributed by atoms with Crippen LogP contribution in [0.2, 0.25) is 0 Å². The van der Waals surface area contributed by atoms with Gasteiger partial charge in [0.1, 0.15) is 18.6 Å². The monoisotopic (exact) mass is 712 g/mol. The number of hydrogen-bond acceptors (Lipinski definition) is 12. The molecule has 6 unspecified atom stereocenters. The van der Waals surface area contributed by atoms with E-state index in [0.29, 0.717) is 17.6 Å². The molecule has 6 heterocycles. The molecule has 2 fully saturated rings. The molecule has 8 rings (SSSR count). The van der Waals surface area contributed by atoms with Crippen molar-refractivity contribution in [3.63, 3.8) is 0 Å². The van der Waals surface area contributed by atoms with Gasteiger partial charge < -0.3 is 30.5 Å². The maximum absolute atomic E-state index is 12.6. The first kappa shape index (κ1) is 35.9. The van der Waals surface area contributed by atoms with Crippen LogP contribution < -0.4 is 22.2 Å². The lowest BCUT2D eigenvalue weighted by Gasteiger charge is -2.30. The molecule has 14 nitrogen and oxygen atoms in total. The highest BCUT2D eigenvalue weighted by molar-refractivity contribution is 5.44. The van der Waals surface area contributed by atoms with E-state index in [9.17, 15) is 19.8 Å². The highest BCUT2D eigenvalue weighted by atomic mass is 16.5. The number of hydrogen-bond donors (Lipinski definition) is 4. The first-order valence-corrected chi connectivity index (χ1v) is 18.2. The molecular weight excluding hydrogens is 664 g/mol. The molecule has 2 aromatic carbocycles. The highest BCUT2D eigenvalue weighted by Crippen LogP contribution is 2.34. The quantitative estimate of drug-likeness (QED) is 0.212. The smallest absolute Gasteiger partial charge is 0.351 e. The predicted molar refractivity (Wildman–Crippen MR) is 195 cm³/mol. The summed E-state index contributed by atoms with van der Waals surface area (Å²) < 4.78 is 14.7. The van der Waals surface area contributed by atoms with Gasteiger partial charge in [0.25, 0.3) is 0 Å². The third kappa shape index (κ3) is 8.12. The number of anilines is 2. The van der Waals surface area contributed by atoms with Gasteiger partial charge in [-0.25, -0.2) is 19.6 Å². The van der Waals surface area contributed by atoms with Crippen LogP contribution in [0.4, 0.5) is 11.6 Å². The molecule has 2 aromatic heterocycles. The molecule has 0 spiro atoms. The fourth-order valence-electron chi connectivity index (χ4n) is 7.35. The summed E-state index contributed by atoms with van der Waals surface area (Å²) in [6, 6.07) is 20.4. The fraction of sp³-hybridized carbons (Fsp3) is 0.474. The summed E-state index contributed by atoms with van der Waals surface area (Å²) in [5, 5.41) is 23.2. The van der Waals surface area contributed by atoms with E-state index in [2.05, 4.69) is 63.9 Å². The number of aliphatic hydroxyl groups excluding tert-OH is 2. The van der Waals surface area contributed by atoms with Gasteiger partial charge in [0.05, 0.1) is 18.8 Å². The average Bonchev–Trinajstić information content (AvgIpc) is 3.73. The Morgan fingerprint density at radius 2 is 1.23 bits per heavy atom. The summed E-state index contributed by atoms with van der Waals surface area (Å²) in [5.74, 6) is 1.70. The topological polar surface area (TPSA) is 159 Å². The first-order chi connectivity index (χ1) is 25.3. The number of rotatable bonds is 8. The minimum Gasteiger partial charge on any atom is -0.394 e. The Morgan fingerprint density at radius 1 is 0.750 bits per heavy atom. The third-order valence-electron chi connectivity index (χ3n) is 10.3. The van der Waals surface area contributed by atoms with E-state index in [1.807, 2.05) is 47.6 Å². The van der Waals surface area contributed by atoms with Crippen LogP contribution in [-0.4, -0.2) is 77.3 Å². The van der Waals surface area contributed by atoms with Crippen molar-refractivity contribution in [3.05, 3.63) is 116 Å². The molecule has 0 radical (unpaired) electrons. The van der Waals surface area contributed by atoms with Crippen LogP contribution in [0, 0.1) is 5.92 Å².